The molecular weight excluding hydrogens is 134 g/mol. The lowest BCUT2D eigenvalue weighted by molar-refractivity contribution is -0.133. The van der Waals surface area contributed by atoms with Crippen molar-refractivity contribution in [2.24, 2.45) is 0 Å². The lowest BCUT2D eigenvalue weighted by atomic mass is 10.3. The molecule has 1 heterocycles. The van der Waals surface area contributed by atoms with Gasteiger partial charge in [0.1, 0.15) is 6.61 Å². The van der Waals surface area contributed by atoms with Gasteiger partial charge in [0.15, 0.2) is 0 Å². The minimum Gasteiger partial charge on any atom is -0.391 e. The maximum atomic E-state index is 10.7. The number of aliphatic hydroxyl groups excluding tert-OH is 2. The van der Waals surface area contributed by atoms with Crippen LogP contribution in [0, 0.1) is 0 Å². The Morgan fingerprint density at radius 2 is 2.40 bits per heavy atom. The molecule has 10 heavy (non-hydrogen) atoms. The van der Waals surface area contributed by atoms with E-state index < -0.39 is 12.7 Å². The van der Waals surface area contributed by atoms with Crippen molar-refractivity contribution in [1.82, 2.24) is 4.90 Å². The van der Waals surface area contributed by atoms with Crippen molar-refractivity contribution in [2.75, 3.05) is 19.7 Å². The lowest BCUT2D eigenvalue weighted by Gasteiger charge is -2.12. The van der Waals surface area contributed by atoms with Crippen LogP contribution in [0.5, 0.6) is 0 Å². The molecule has 4 heteroatoms. The third kappa shape index (κ3) is 1.46. The first-order valence-electron chi connectivity index (χ1n) is 3.30. The van der Waals surface area contributed by atoms with Crippen LogP contribution >= 0.6 is 0 Å². The standard InChI is InChI=1S/C6H11NO3/c8-4-6(10)7-2-1-5(9)3-7/h5,8-9H,1-4H2/t5-/m1/s1. The van der Waals surface area contributed by atoms with Gasteiger partial charge in [-0.3, -0.25) is 4.79 Å². The van der Waals surface area contributed by atoms with E-state index in [4.69, 9.17) is 10.2 Å². The predicted octanol–water partition coefficient (Wildman–Crippen LogP) is -1.43. The number of nitrogens with zero attached hydrogens (tertiary/aromatic N) is 1. The number of rotatable bonds is 1. The Morgan fingerprint density at radius 1 is 1.70 bits per heavy atom. The van der Waals surface area contributed by atoms with E-state index in [1.165, 1.54) is 4.90 Å². The molecule has 1 amide bonds. The summed E-state index contributed by atoms with van der Waals surface area (Å²) in [5.41, 5.74) is 0. The zero-order valence-corrected chi connectivity index (χ0v) is 5.66. The zero-order valence-electron chi connectivity index (χ0n) is 5.66. The summed E-state index contributed by atoms with van der Waals surface area (Å²) in [7, 11) is 0. The molecule has 2 N–H and O–H groups in total. The highest BCUT2D eigenvalue weighted by atomic mass is 16.3. The number of likely N-dealkylation sites (tertiary alicyclic amines) is 1. The van der Waals surface area contributed by atoms with Gasteiger partial charge in [-0.25, -0.2) is 0 Å². The molecule has 0 radical (unpaired) electrons. The first-order chi connectivity index (χ1) is 4.74. The van der Waals surface area contributed by atoms with Gasteiger partial charge in [-0.05, 0) is 6.42 Å². The molecule has 0 aromatic heterocycles. The van der Waals surface area contributed by atoms with Gasteiger partial charge in [0, 0.05) is 13.1 Å². The Morgan fingerprint density at radius 3 is 2.80 bits per heavy atom. The number of carbonyl (C=O) groups is 1. The molecule has 1 fully saturated rings. The number of amides is 1. The number of carbonyl (C=O) groups excluding carboxylic acids is 1. The normalized spacial score (nSPS) is 25.4. The highest BCUT2D eigenvalue weighted by Gasteiger charge is 2.23. The Labute approximate surface area is 59.1 Å². The topological polar surface area (TPSA) is 60.8 Å². The Balaban J connectivity index is 2.37. The second-order valence-electron chi connectivity index (χ2n) is 2.44. The van der Waals surface area contributed by atoms with Crippen molar-refractivity contribution in [3.05, 3.63) is 0 Å². The van der Waals surface area contributed by atoms with E-state index in [0.717, 1.165) is 0 Å². The molecule has 0 saturated carbocycles. The van der Waals surface area contributed by atoms with Crippen molar-refractivity contribution in [1.29, 1.82) is 0 Å². The summed E-state index contributed by atoms with van der Waals surface area (Å²) >= 11 is 0. The van der Waals surface area contributed by atoms with E-state index in [-0.39, 0.29) is 5.91 Å². The molecule has 0 aliphatic carbocycles. The fourth-order valence-electron chi connectivity index (χ4n) is 1.07. The van der Waals surface area contributed by atoms with Gasteiger partial charge >= 0.3 is 0 Å². The van der Waals surface area contributed by atoms with Gasteiger partial charge in [-0.2, -0.15) is 0 Å². The van der Waals surface area contributed by atoms with Crippen LogP contribution in [0.2, 0.25) is 0 Å². The average molecular weight is 145 g/mol. The molecule has 0 unspecified atom stereocenters. The van der Waals surface area contributed by atoms with Crippen molar-refractivity contribution in [3.8, 4) is 0 Å². The lowest BCUT2D eigenvalue weighted by Crippen LogP contribution is -2.31. The van der Waals surface area contributed by atoms with Gasteiger partial charge in [0.2, 0.25) is 5.91 Å². The summed E-state index contributed by atoms with van der Waals surface area (Å²) in [4.78, 5) is 12.2. The largest absolute Gasteiger partial charge is 0.391 e. The van der Waals surface area contributed by atoms with E-state index >= 15 is 0 Å². The highest BCUT2D eigenvalue weighted by molar-refractivity contribution is 5.77. The fraction of sp³-hybridized carbons (Fsp3) is 0.833. The first-order valence-corrected chi connectivity index (χ1v) is 3.30. The van der Waals surface area contributed by atoms with E-state index in [2.05, 4.69) is 0 Å². The molecule has 58 valence electrons. The molecule has 0 aromatic rings. The molecule has 1 aliphatic rings. The third-order valence-corrected chi connectivity index (χ3v) is 1.65. The first kappa shape index (κ1) is 7.50. The van der Waals surface area contributed by atoms with Crippen molar-refractivity contribution in [3.63, 3.8) is 0 Å². The Bertz CT molecular complexity index is 137. The van der Waals surface area contributed by atoms with Crippen molar-refractivity contribution >= 4 is 5.91 Å². The minimum absolute atomic E-state index is 0.295. The molecule has 1 aliphatic heterocycles. The summed E-state index contributed by atoms with van der Waals surface area (Å²) in [6, 6.07) is 0. The van der Waals surface area contributed by atoms with Crippen molar-refractivity contribution < 1.29 is 15.0 Å². The van der Waals surface area contributed by atoms with Gasteiger partial charge < -0.3 is 15.1 Å². The molecule has 0 spiro atoms. The number of hydrogen-bond acceptors (Lipinski definition) is 3. The van der Waals surface area contributed by atoms with Crippen LogP contribution in [0.1, 0.15) is 6.42 Å². The minimum atomic E-state index is -0.452. The molecule has 1 saturated heterocycles. The summed E-state index contributed by atoms with van der Waals surface area (Å²) < 4.78 is 0. The number of β-amino-alcohol motifs (C(OH)–C–C–N with tert-alkyl or cyclic N) is 1. The van der Waals surface area contributed by atoms with Gasteiger partial charge in [-0.1, -0.05) is 0 Å². The second kappa shape index (κ2) is 2.98. The smallest absolute Gasteiger partial charge is 0.248 e. The predicted molar refractivity (Wildman–Crippen MR) is 34.3 cm³/mol. The SMILES string of the molecule is O=C(CO)N1CC[C@@H](O)C1. The van der Waals surface area contributed by atoms with E-state index in [9.17, 15) is 4.79 Å². The molecule has 1 atom stereocenters. The van der Waals surface area contributed by atoms with Crippen LogP contribution in [0.4, 0.5) is 0 Å². The van der Waals surface area contributed by atoms with E-state index in [0.29, 0.717) is 19.5 Å². The van der Waals surface area contributed by atoms with Crippen LogP contribution in [0.25, 0.3) is 0 Å². The second-order valence-corrected chi connectivity index (χ2v) is 2.44. The summed E-state index contributed by atoms with van der Waals surface area (Å²) in [6.45, 7) is 0.493. The Hall–Kier alpha value is -0.610. The Kier molecular flexibility index (Phi) is 2.24. The molecule has 1 rings (SSSR count). The number of aliphatic hydroxyl groups is 2. The van der Waals surface area contributed by atoms with Crippen LogP contribution < -0.4 is 0 Å². The summed E-state index contributed by atoms with van der Waals surface area (Å²) in [5, 5.41) is 17.4. The van der Waals surface area contributed by atoms with E-state index in [1.54, 1.807) is 0 Å². The van der Waals surface area contributed by atoms with E-state index in [1.807, 2.05) is 0 Å². The van der Waals surface area contributed by atoms with Crippen molar-refractivity contribution in [2.45, 2.75) is 12.5 Å². The highest BCUT2D eigenvalue weighted by Crippen LogP contribution is 2.07. The average Bonchev–Trinajstić information content (AvgIpc) is 2.34. The maximum absolute atomic E-state index is 10.7. The van der Waals surface area contributed by atoms with Crippen LogP contribution in [0.15, 0.2) is 0 Å². The zero-order chi connectivity index (χ0) is 7.56. The third-order valence-electron chi connectivity index (χ3n) is 1.65. The monoisotopic (exact) mass is 145 g/mol. The van der Waals surface area contributed by atoms with Crippen LogP contribution in [0.3, 0.4) is 0 Å². The van der Waals surface area contributed by atoms with Crippen LogP contribution in [-0.2, 0) is 4.79 Å². The summed E-state index contributed by atoms with van der Waals surface area (Å²) in [5.74, 6) is -0.295. The quantitative estimate of drug-likeness (QED) is 0.475. The molecule has 0 aromatic carbocycles. The summed E-state index contributed by atoms with van der Waals surface area (Å²) in [6.07, 6.45) is 0.238. The van der Waals surface area contributed by atoms with Gasteiger partial charge in [-0.15, -0.1) is 0 Å². The molecular formula is C6H11NO3. The maximum Gasteiger partial charge on any atom is 0.248 e. The molecule has 0 bridgehead atoms. The van der Waals surface area contributed by atoms with Gasteiger partial charge in [0.25, 0.3) is 0 Å². The number of hydrogen-bond donors (Lipinski definition) is 2. The fourth-order valence-corrected chi connectivity index (χ4v) is 1.07. The van der Waals surface area contributed by atoms with Crippen LogP contribution in [-0.4, -0.2) is 46.8 Å². The molecule has 4 nitrogen and oxygen atoms in total. The van der Waals surface area contributed by atoms with Gasteiger partial charge in [0.05, 0.1) is 6.10 Å².